The molecule has 3 heteroatoms. The van der Waals surface area contributed by atoms with Crippen molar-refractivity contribution in [1.82, 2.24) is 0 Å². The molecule has 0 N–H and O–H groups in total. The third-order valence-corrected chi connectivity index (χ3v) is 2.96. The van der Waals surface area contributed by atoms with Gasteiger partial charge in [-0.2, -0.15) is 0 Å². The minimum Gasteiger partial charge on any atom is -0.210 e. The molecule has 0 spiro atoms. The molecule has 0 aromatic carbocycles. The Morgan fingerprint density at radius 2 is 1.35 bits per heavy atom. The van der Waals surface area contributed by atoms with E-state index in [-0.39, 0.29) is 5.60 Å². The van der Waals surface area contributed by atoms with Gasteiger partial charge in [-0.1, -0.05) is 63.3 Å². The van der Waals surface area contributed by atoms with Gasteiger partial charge >= 0.3 is 0 Å². The van der Waals surface area contributed by atoms with Crippen LogP contribution in [0.1, 0.15) is 78.6 Å². The van der Waals surface area contributed by atoms with E-state index in [0.29, 0.717) is 0 Å². The topological polar surface area (TPSA) is 27.7 Å². The van der Waals surface area contributed by atoms with Crippen LogP contribution in [-0.2, 0) is 14.8 Å². The fraction of sp³-hybridized carbons (Fsp3) is 1.00. The van der Waals surface area contributed by atoms with Gasteiger partial charge in [0.15, 0.2) is 0 Å². The molecule has 0 rings (SSSR count). The summed E-state index contributed by atoms with van der Waals surface area (Å²) in [6.07, 6.45) is 11.7. The van der Waals surface area contributed by atoms with Gasteiger partial charge in [0.1, 0.15) is 5.60 Å². The molecule has 0 aromatic rings. The van der Waals surface area contributed by atoms with Crippen LogP contribution >= 0.6 is 0 Å². The quantitative estimate of drug-likeness (QED) is 0.281. The number of hydrogen-bond acceptors (Lipinski definition) is 3. The summed E-state index contributed by atoms with van der Waals surface area (Å²) in [5, 5.41) is 4.52. The van der Waals surface area contributed by atoms with Crippen LogP contribution in [-0.4, -0.2) is 12.7 Å². The molecule has 0 amide bonds. The Morgan fingerprint density at radius 3 is 1.88 bits per heavy atom. The third-order valence-electron chi connectivity index (χ3n) is 2.96. The molecule has 0 saturated carbocycles. The van der Waals surface area contributed by atoms with E-state index in [1.807, 2.05) is 13.8 Å². The largest absolute Gasteiger partial charge is 0.210 e. The van der Waals surface area contributed by atoms with E-state index in [1.54, 1.807) is 0 Å². The van der Waals surface area contributed by atoms with E-state index in [4.69, 9.17) is 4.89 Å². The molecular weight excluding hydrogens is 216 g/mol. The molecule has 0 aliphatic carbocycles. The summed E-state index contributed by atoms with van der Waals surface area (Å²) in [6.45, 7) is 6.30. The molecule has 0 heterocycles. The van der Waals surface area contributed by atoms with Crippen molar-refractivity contribution < 1.29 is 14.8 Å². The van der Waals surface area contributed by atoms with E-state index < -0.39 is 0 Å². The average Bonchev–Trinajstić information content (AvgIpc) is 2.30. The molecule has 0 aromatic heterocycles. The zero-order valence-corrected chi connectivity index (χ0v) is 12.1. The van der Waals surface area contributed by atoms with Gasteiger partial charge in [0.25, 0.3) is 0 Å². The minimum atomic E-state index is -0.252. The van der Waals surface area contributed by atoms with Crippen molar-refractivity contribution in [2.75, 3.05) is 7.11 Å². The van der Waals surface area contributed by atoms with Crippen LogP contribution < -0.4 is 0 Å². The van der Waals surface area contributed by atoms with Crippen LogP contribution in [0.4, 0.5) is 0 Å². The lowest BCUT2D eigenvalue weighted by atomic mass is 9.99. The SMILES string of the molecule is CCCCCCCCCCC(C)(C)OOOC. The monoisotopic (exact) mass is 246 g/mol. The summed E-state index contributed by atoms with van der Waals surface area (Å²) in [5.74, 6) is 0. The van der Waals surface area contributed by atoms with E-state index >= 15 is 0 Å². The molecular formula is C14H30O3. The van der Waals surface area contributed by atoms with Crippen LogP contribution in [0.5, 0.6) is 0 Å². The summed E-state index contributed by atoms with van der Waals surface area (Å²) in [4.78, 5) is 9.55. The van der Waals surface area contributed by atoms with Crippen molar-refractivity contribution >= 4 is 0 Å². The molecule has 0 bridgehead atoms. The zero-order valence-electron chi connectivity index (χ0n) is 12.1. The summed E-state index contributed by atoms with van der Waals surface area (Å²) < 4.78 is 0. The van der Waals surface area contributed by atoms with Crippen LogP contribution in [0, 0.1) is 0 Å². The van der Waals surface area contributed by atoms with Crippen molar-refractivity contribution in [2.24, 2.45) is 0 Å². The Morgan fingerprint density at radius 1 is 0.824 bits per heavy atom. The highest BCUT2D eigenvalue weighted by atomic mass is 17.5. The second kappa shape index (κ2) is 11.0. The van der Waals surface area contributed by atoms with Gasteiger partial charge < -0.3 is 0 Å². The molecule has 0 radical (unpaired) electrons. The number of unbranched alkanes of at least 4 members (excludes halogenated alkanes) is 7. The van der Waals surface area contributed by atoms with Crippen molar-refractivity contribution in [3.8, 4) is 0 Å². The Bertz CT molecular complexity index is 158. The number of hydrogen-bond donors (Lipinski definition) is 0. The summed E-state index contributed by atoms with van der Waals surface area (Å²) >= 11 is 0. The van der Waals surface area contributed by atoms with Crippen LogP contribution in [0.3, 0.4) is 0 Å². The highest BCUT2D eigenvalue weighted by Gasteiger charge is 2.19. The van der Waals surface area contributed by atoms with Gasteiger partial charge in [0, 0.05) is 0 Å². The van der Waals surface area contributed by atoms with Crippen molar-refractivity contribution in [1.29, 1.82) is 0 Å². The second-order valence-electron chi connectivity index (χ2n) is 5.30. The molecule has 0 aliphatic rings. The summed E-state index contributed by atoms with van der Waals surface area (Å²) in [6, 6.07) is 0. The van der Waals surface area contributed by atoms with Crippen LogP contribution in [0.2, 0.25) is 0 Å². The maximum Gasteiger partial charge on any atom is 0.101 e. The fourth-order valence-corrected chi connectivity index (χ4v) is 1.85. The molecule has 0 atom stereocenters. The van der Waals surface area contributed by atoms with Gasteiger partial charge in [-0.15, -0.1) is 0 Å². The second-order valence-corrected chi connectivity index (χ2v) is 5.30. The van der Waals surface area contributed by atoms with E-state index in [9.17, 15) is 0 Å². The highest BCUT2D eigenvalue weighted by molar-refractivity contribution is 4.66. The van der Waals surface area contributed by atoms with E-state index in [0.717, 1.165) is 6.42 Å². The Labute approximate surface area is 107 Å². The zero-order chi connectivity index (χ0) is 13.0. The highest BCUT2D eigenvalue weighted by Crippen LogP contribution is 2.19. The molecule has 0 aliphatic heterocycles. The first-order chi connectivity index (χ1) is 8.12. The van der Waals surface area contributed by atoms with Crippen molar-refractivity contribution in [3.05, 3.63) is 0 Å². The first-order valence-corrected chi connectivity index (χ1v) is 7.01. The summed E-state index contributed by atoms with van der Waals surface area (Å²) in [5.41, 5.74) is -0.252. The molecule has 104 valence electrons. The van der Waals surface area contributed by atoms with Crippen molar-refractivity contribution in [3.63, 3.8) is 0 Å². The molecule has 0 saturated heterocycles. The maximum atomic E-state index is 5.12. The predicted octanol–water partition coefficient (Wildman–Crippen LogP) is 4.81. The minimum absolute atomic E-state index is 0.252. The van der Waals surface area contributed by atoms with Gasteiger partial charge in [0.2, 0.25) is 0 Å². The fourth-order valence-electron chi connectivity index (χ4n) is 1.85. The van der Waals surface area contributed by atoms with Gasteiger partial charge in [-0.3, -0.25) is 0 Å². The van der Waals surface area contributed by atoms with Crippen LogP contribution in [0.25, 0.3) is 0 Å². The Kier molecular flexibility index (Phi) is 10.9. The first kappa shape index (κ1) is 16.9. The molecule has 0 unspecified atom stereocenters. The van der Waals surface area contributed by atoms with E-state index in [1.165, 1.54) is 58.5 Å². The smallest absolute Gasteiger partial charge is 0.101 e. The number of rotatable bonds is 12. The molecule has 0 fully saturated rings. The molecule has 3 nitrogen and oxygen atoms in total. The predicted molar refractivity (Wildman–Crippen MR) is 70.5 cm³/mol. The van der Waals surface area contributed by atoms with Gasteiger partial charge in [-0.05, 0) is 20.3 Å². The van der Waals surface area contributed by atoms with Crippen molar-refractivity contribution in [2.45, 2.75) is 84.2 Å². The normalized spacial score (nSPS) is 12.0. The van der Waals surface area contributed by atoms with Crippen LogP contribution in [0.15, 0.2) is 0 Å². The summed E-state index contributed by atoms with van der Waals surface area (Å²) in [7, 11) is 1.45. The lowest BCUT2D eigenvalue weighted by Crippen LogP contribution is -2.24. The lowest BCUT2D eigenvalue weighted by Gasteiger charge is -2.21. The molecule has 17 heavy (non-hydrogen) atoms. The first-order valence-electron chi connectivity index (χ1n) is 7.01. The standard InChI is InChI=1S/C14H30O3/c1-5-6-7-8-9-10-11-12-13-14(2,3)16-17-15-4/h5-13H2,1-4H3. The third kappa shape index (κ3) is 12.1. The van der Waals surface area contributed by atoms with Gasteiger partial charge in [0.05, 0.1) is 7.11 Å². The Hall–Kier alpha value is -0.120. The van der Waals surface area contributed by atoms with Gasteiger partial charge in [-0.25, -0.2) is 9.78 Å². The maximum absolute atomic E-state index is 5.12. The lowest BCUT2D eigenvalue weighted by molar-refractivity contribution is -0.532. The average molecular weight is 246 g/mol. The van der Waals surface area contributed by atoms with E-state index in [2.05, 4.69) is 16.8 Å². The Balaban J connectivity index is 3.26.